The Morgan fingerprint density at radius 3 is 2.67 bits per heavy atom. The predicted octanol–water partition coefficient (Wildman–Crippen LogP) is 2.94. The van der Waals surface area contributed by atoms with Crippen molar-refractivity contribution in [2.45, 2.75) is 25.3 Å². The van der Waals surface area contributed by atoms with E-state index in [9.17, 15) is 0 Å². The SMILES string of the molecule is COCCCC(C)(N)c1ccccc1Cl. The van der Waals surface area contributed by atoms with Crippen molar-refractivity contribution in [2.75, 3.05) is 13.7 Å². The Kier molecular flexibility index (Phi) is 4.58. The van der Waals surface area contributed by atoms with E-state index in [4.69, 9.17) is 22.1 Å². The van der Waals surface area contributed by atoms with Crippen molar-refractivity contribution in [1.82, 2.24) is 0 Å². The summed E-state index contributed by atoms with van der Waals surface area (Å²) in [5.41, 5.74) is 6.86. The normalized spacial score (nSPS) is 14.9. The lowest BCUT2D eigenvalue weighted by Crippen LogP contribution is -2.33. The highest BCUT2D eigenvalue weighted by Crippen LogP contribution is 2.29. The molecule has 0 aliphatic rings. The summed E-state index contributed by atoms with van der Waals surface area (Å²) in [4.78, 5) is 0. The molecular weight excluding hydrogens is 210 g/mol. The average molecular weight is 228 g/mol. The Bertz CT molecular complexity index is 312. The third-order valence-electron chi connectivity index (χ3n) is 2.53. The van der Waals surface area contributed by atoms with Gasteiger partial charge in [-0.1, -0.05) is 29.8 Å². The van der Waals surface area contributed by atoms with Gasteiger partial charge in [0.1, 0.15) is 0 Å². The lowest BCUT2D eigenvalue weighted by molar-refractivity contribution is 0.184. The summed E-state index contributed by atoms with van der Waals surface area (Å²) in [6.45, 7) is 2.74. The quantitative estimate of drug-likeness (QED) is 0.785. The van der Waals surface area contributed by atoms with Crippen LogP contribution in [-0.2, 0) is 10.3 Å². The lowest BCUT2D eigenvalue weighted by Gasteiger charge is -2.26. The molecular formula is C12H18ClNO. The van der Waals surface area contributed by atoms with E-state index in [1.165, 1.54) is 0 Å². The van der Waals surface area contributed by atoms with E-state index in [1.807, 2.05) is 31.2 Å². The topological polar surface area (TPSA) is 35.2 Å². The number of halogens is 1. The van der Waals surface area contributed by atoms with Gasteiger partial charge in [0.2, 0.25) is 0 Å². The highest BCUT2D eigenvalue weighted by molar-refractivity contribution is 6.31. The molecule has 0 aliphatic carbocycles. The van der Waals surface area contributed by atoms with Crippen LogP contribution >= 0.6 is 11.6 Å². The molecule has 1 aromatic carbocycles. The fourth-order valence-electron chi connectivity index (χ4n) is 1.64. The van der Waals surface area contributed by atoms with Gasteiger partial charge in [-0.2, -0.15) is 0 Å². The highest BCUT2D eigenvalue weighted by atomic mass is 35.5. The molecule has 0 aromatic heterocycles. The number of ether oxygens (including phenoxy) is 1. The van der Waals surface area contributed by atoms with Crippen molar-refractivity contribution < 1.29 is 4.74 Å². The van der Waals surface area contributed by atoms with E-state index >= 15 is 0 Å². The molecule has 0 spiro atoms. The van der Waals surface area contributed by atoms with Crippen LogP contribution in [0.5, 0.6) is 0 Å². The van der Waals surface area contributed by atoms with Crippen molar-refractivity contribution in [3.63, 3.8) is 0 Å². The molecule has 1 atom stereocenters. The number of hydrogen-bond donors (Lipinski definition) is 1. The molecule has 0 radical (unpaired) electrons. The number of rotatable bonds is 5. The first-order chi connectivity index (χ1) is 7.08. The van der Waals surface area contributed by atoms with Crippen LogP contribution in [0.3, 0.4) is 0 Å². The van der Waals surface area contributed by atoms with Crippen LogP contribution in [0.1, 0.15) is 25.3 Å². The Morgan fingerprint density at radius 1 is 1.40 bits per heavy atom. The van der Waals surface area contributed by atoms with E-state index in [0.717, 1.165) is 30.0 Å². The molecule has 0 fully saturated rings. The molecule has 0 saturated carbocycles. The maximum absolute atomic E-state index is 6.24. The van der Waals surface area contributed by atoms with Crippen molar-refractivity contribution in [1.29, 1.82) is 0 Å². The predicted molar refractivity (Wildman–Crippen MR) is 64.1 cm³/mol. The largest absolute Gasteiger partial charge is 0.385 e. The summed E-state index contributed by atoms with van der Waals surface area (Å²) < 4.78 is 5.01. The first-order valence-corrected chi connectivity index (χ1v) is 5.48. The minimum Gasteiger partial charge on any atom is -0.385 e. The van der Waals surface area contributed by atoms with Gasteiger partial charge in [0.25, 0.3) is 0 Å². The molecule has 2 nitrogen and oxygen atoms in total. The Balaban J connectivity index is 2.72. The number of hydrogen-bond acceptors (Lipinski definition) is 2. The van der Waals surface area contributed by atoms with Gasteiger partial charge in [-0.3, -0.25) is 0 Å². The molecule has 0 heterocycles. The summed E-state index contributed by atoms with van der Waals surface area (Å²) in [6.07, 6.45) is 1.80. The van der Waals surface area contributed by atoms with Crippen LogP contribution in [0.4, 0.5) is 0 Å². The van der Waals surface area contributed by atoms with Crippen LogP contribution < -0.4 is 5.73 Å². The Labute approximate surface area is 96.4 Å². The van der Waals surface area contributed by atoms with Crippen molar-refractivity contribution >= 4 is 11.6 Å². The monoisotopic (exact) mass is 227 g/mol. The van der Waals surface area contributed by atoms with Gasteiger partial charge in [0.15, 0.2) is 0 Å². The van der Waals surface area contributed by atoms with E-state index in [1.54, 1.807) is 7.11 Å². The molecule has 2 N–H and O–H groups in total. The number of benzene rings is 1. The molecule has 15 heavy (non-hydrogen) atoms. The van der Waals surface area contributed by atoms with Crippen LogP contribution in [-0.4, -0.2) is 13.7 Å². The van der Waals surface area contributed by atoms with E-state index < -0.39 is 0 Å². The van der Waals surface area contributed by atoms with Crippen molar-refractivity contribution in [3.05, 3.63) is 34.9 Å². The third kappa shape index (κ3) is 3.49. The summed E-state index contributed by atoms with van der Waals surface area (Å²) >= 11 is 6.11. The van der Waals surface area contributed by atoms with Crippen LogP contribution in [0, 0.1) is 0 Å². The highest BCUT2D eigenvalue weighted by Gasteiger charge is 2.22. The van der Waals surface area contributed by atoms with Crippen LogP contribution in [0.25, 0.3) is 0 Å². The summed E-state index contributed by atoms with van der Waals surface area (Å²) in [7, 11) is 1.70. The van der Waals surface area contributed by atoms with E-state index in [2.05, 4.69) is 0 Å². The second kappa shape index (κ2) is 5.50. The Morgan fingerprint density at radius 2 is 2.07 bits per heavy atom. The molecule has 1 unspecified atom stereocenters. The fourth-order valence-corrected chi connectivity index (χ4v) is 1.99. The zero-order chi connectivity index (χ0) is 11.3. The van der Waals surface area contributed by atoms with Gasteiger partial charge >= 0.3 is 0 Å². The van der Waals surface area contributed by atoms with Crippen LogP contribution in [0.2, 0.25) is 5.02 Å². The summed E-state index contributed by atoms with van der Waals surface area (Å²) in [5.74, 6) is 0. The summed E-state index contributed by atoms with van der Waals surface area (Å²) in [6, 6.07) is 7.73. The zero-order valence-corrected chi connectivity index (χ0v) is 10.1. The van der Waals surface area contributed by atoms with Crippen molar-refractivity contribution in [2.24, 2.45) is 5.73 Å². The minimum atomic E-state index is -0.378. The molecule has 0 bridgehead atoms. The third-order valence-corrected chi connectivity index (χ3v) is 2.86. The molecule has 0 aliphatic heterocycles. The maximum Gasteiger partial charge on any atom is 0.0463 e. The molecule has 3 heteroatoms. The molecule has 84 valence electrons. The Hall–Kier alpha value is -0.570. The molecule has 1 rings (SSSR count). The first kappa shape index (κ1) is 12.5. The van der Waals surface area contributed by atoms with Gasteiger partial charge in [0, 0.05) is 24.3 Å². The maximum atomic E-state index is 6.24. The van der Waals surface area contributed by atoms with Gasteiger partial charge in [0.05, 0.1) is 0 Å². The fraction of sp³-hybridized carbons (Fsp3) is 0.500. The van der Waals surface area contributed by atoms with Gasteiger partial charge in [-0.15, -0.1) is 0 Å². The first-order valence-electron chi connectivity index (χ1n) is 5.11. The second-order valence-corrected chi connectivity index (χ2v) is 4.40. The minimum absolute atomic E-state index is 0.378. The van der Waals surface area contributed by atoms with E-state index in [0.29, 0.717) is 0 Å². The van der Waals surface area contributed by atoms with Crippen molar-refractivity contribution in [3.8, 4) is 0 Å². The van der Waals surface area contributed by atoms with E-state index in [-0.39, 0.29) is 5.54 Å². The smallest absolute Gasteiger partial charge is 0.0463 e. The van der Waals surface area contributed by atoms with Crippen LogP contribution in [0.15, 0.2) is 24.3 Å². The molecule has 1 aromatic rings. The second-order valence-electron chi connectivity index (χ2n) is 3.99. The zero-order valence-electron chi connectivity index (χ0n) is 9.29. The van der Waals surface area contributed by atoms with Gasteiger partial charge in [-0.25, -0.2) is 0 Å². The molecule has 0 saturated heterocycles. The van der Waals surface area contributed by atoms with Gasteiger partial charge < -0.3 is 10.5 Å². The van der Waals surface area contributed by atoms with Gasteiger partial charge in [-0.05, 0) is 31.4 Å². The lowest BCUT2D eigenvalue weighted by atomic mass is 9.88. The summed E-state index contributed by atoms with van der Waals surface area (Å²) in [5, 5.41) is 0.736. The number of methoxy groups -OCH3 is 1. The number of nitrogens with two attached hydrogens (primary N) is 1. The standard InChI is InChI=1S/C12H18ClNO/c1-12(14,8-5-9-15-2)10-6-3-4-7-11(10)13/h3-4,6-7H,5,8-9,14H2,1-2H3. The molecule has 0 amide bonds. The average Bonchev–Trinajstić information content (AvgIpc) is 2.18.